The Kier molecular flexibility index (Phi) is 8.29. The van der Waals surface area contributed by atoms with E-state index < -0.39 is 0 Å². The third kappa shape index (κ3) is 5.70. The summed E-state index contributed by atoms with van der Waals surface area (Å²) >= 11 is 6.70. The lowest BCUT2D eigenvalue weighted by Crippen LogP contribution is -2.47. The van der Waals surface area contributed by atoms with Crippen molar-refractivity contribution >= 4 is 57.4 Å². The predicted octanol–water partition coefficient (Wildman–Crippen LogP) is 4.10. The summed E-state index contributed by atoms with van der Waals surface area (Å²) in [7, 11) is 0. The second-order valence-corrected chi connectivity index (χ2v) is 11.0. The molecule has 1 aromatic carbocycles. The second-order valence-electron chi connectivity index (χ2n) is 9.37. The Balaban J connectivity index is 1.47. The average Bonchev–Trinajstić information content (AvgIpc) is 3.20. The van der Waals surface area contributed by atoms with Crippen molar-refractivity contribution in [1.29, 1.82) is 0 Å². The van der Waals surface area contributed by atoms with Crippen LogP contribution in [0.25, 0.3) is 11.7 Å². The quantitative estimate of drug-likeness (QED) is 0.229. The van der Waals surface area contributed by atoms with Gasteiger partial charge in [-0.25, -0.2) is 9.37 Å². The minimum absolute atomic E-state index is 0.206. The van der Waals surface area contributed by atoms with Gasteiger partial charge in [0.1, 0.15) is 21.6 Å². The van der Waals surface area contributed by atoms with E-state index in [2.05, 4.69) is 9.80 Å². The number of aromatic nitrogens is 2. The molecule has 2 aromatic heterocycles. The van der Waals surface area contributed by atoms with Crippen LogP contribution in [0.2, 0.25) is 0 Å². The fraction of sp³-hybridized carbons (Fsp3) is 0.357. The topological polar surface area (TPSA) is 70.4 Å². The zero-order chi connectivity index (χ0) is 27.5. The number of amides is 1. The predicted molar refractivity (Wildman–Crippen MR) is 158 cm³/mol. The number of pyridine rings is 1. The molecular formula is C28H30FN5O3S2. The van der Waals surface area contributed by atoms with Gasteiger partial charge in [-0.3, -0.25) is 18.9 Å². The van der Waals surface area contributed by atoms with E-state index in [-0.39, 0.29) is 17.3 Å². The monoisotopic (exact) mass is 567 g/mol. The highest BCUT2D eigenvalue weighted by Gasteiger charge is 2.33. The molecule has 0 bridgehead atoms. The number of benzene rings is 1. The molecule has 1 amide bonds. The number of thioether (sulfide) groups is 1. The summed E-state index contributed by atoms with van der Waals surface area (Å²) in [6.45, 7) is 8.09. The number of nitrogens with zero attached hydrogens (tertiary/aromatic N) is 5. The van der Waals surface area contributed by atoms with Crippen molar-refractivity contribution in [3.63, 3.8) is 0 Å². The summed E-state index contributed by atoms with van der Waals surface area (Å²) in [6.07, 6.45) is 4.02. The van der Waals surface area contributed by atoms with Crippen LogP contribution in [0.1, 0.15) is 24.5 Å². The molecule has 2 saturated heterocycles. The van der Waals surface area contributed by atoms with E-state index in [1.807, 2.05) is 26.0 Å². The highest BCUT2D eigenvalue weighted by atomic mass is 32.2. The standard InChI is InChI=1S/C28H30FN5O3S2/c1-3-37-17-5-12-34-27(36)23(39-28(34)38)18-22-25(30-24-19(2)6-4-11-33(24)26(22)35)32-15-13-31(14-16-32)21-9-7-20(29)8-10-21/h4,6-11,18H,3,5,12-17H2,1-2H3/b23-18-. The van der Waals surface area contributed by atoms with Crippen molar-refractivity contribution in [2.75, 3.05) is 55.7 Å². The van der Waals surface area contributed by atoms with Crippen molar-refractivity contribution in [2.24, 2.45) is 0 Å². The lowest BCUT2D eigenvalue weighted by Gasteiger charge is -2.37. The van der Waals surface area contributed by atoms with Crippen LogP contribution >= 0.6 is 24.0 Å². The Morgan fingerprint density at radius 2 is 1.82 bits per heavy atom. The van der Waals surface area contributed by atoms with Crippen molar-refractivity contribution in [2.45, 2.75) is 20.3 Å². The first-order valence-electron chi connectivity index (χ1n) is 13.0. The van der Waals surface area contributed by atoms with Crippen LogP contribution in [-0.4, -0.2) is 70.4 Å². The summed E-state index contributed by atoms with van der Waals surface area (Å²) in [5, 5.41) is 0. The number of rotatable bonds is 8. The molecular weight excluding hydrogens is 537 g/mol. The van der Waals surface area contributed by atoms with Crippen LogP contribution in [0, 0.1) is 12.7 Å². The minimum Gasteiger partial charge on any atom is -0.382 e. The highest BCUT2D eigenvalue weighted by Crippen LogP contribution is 2.34. The van der Waals surface area contributed by atoms with E-state index in [4.69, 9.17) is 21.9 Å². The molecule has 5 rings (SSSR count). The third-order valence-corrected chi connectivity index (χ3v) is 8.24. The fourth-order valence-corrected chi connectivity index (χ4v) is 6.08. The van der Waals surface area contributed by atoms with Crippen molar-refractivity contribution in [3.8, 4) is 0 Å². The molecule has 204 valence electrons. The van der Waals surface area contributed by atoms with Gasteiger partial charge in [-0.1, -0.05) is 30.0 Å². The molecule has 39 heavy (non-hydrogen) atoms. The third-order valence-electron chi connectivity index (χ3n) is 6.86. The lowest BCUT2D eigenvalue weighted by atomic mass is 10.2. The van der Waals surface area contributed by atoms with Gasteiger partial charge in [0.15, 0.2) is 0 Å². The summed E-state index contributed by atoms with van der Waals surface area (Å²) in [5.41, 5.74) is 2.54. The molecule has 3 aromatic rings. The molecule has 2 aliphatic rings. The van der Waals surface area contributed by atoms with Gasteiger partial charge < -0.3 is 14.5 Å². The first-order valence-corrected chi connectivity index (χ1v) is 14.2. The molecule has 2 fully saturated rings. The van der Waals surface area contributed by atoms with Crippen LogP contribution in [0.4, 0.5) is 15.9 Å². The van der Waals surface area contributed by atoms with Crippen molar-refractivity contribution in [3.05, 3.63) is 74.8 Å². The molecule has 2 aliphatic heterocycles. The highest BCUT2D eigenvalue weighted by molar-refractivity contribution is 8.26. The van der Waals surface area contributed by atoms with Gasteiger partial charge in [0.25, 0.3) is 11.5 Å². The maximum Gasteiger partial charge on any atom is 0.267 e. The minimum atomic E-state index is -0.266. The van der Waals surface area contributed by atoms with E-state index in [9.17, 15) is 14.0 Å². The first-order chi connectivity index (χ1) is 18.9. The maximum absolute atomic E-state index is 13.8. The van der Waals surface area contributed by atoms with Gasteiger partial charge in [-0.05, 0) is 62.2 Å². The van der Waals surface area contributed by atoms with Crippen LogP contribution in [-0.2, 0) is 9.53 Å². The maximum atomic E-state index is 13.8. The molecule has 4 heterocycles. The van der Waals surface area contributed by atoms with Gasteiger partial charge in [-0.2, -0.15) is 0 Å². The number of hydrogen-bond donors (Lipinski definition) is 0. The van der Waals surface area contributed by atoms with Gasteiger partial charge in [0, 0.05) is 57.8 Å². The molecule has 0 spiro atoms. The summed E-state index contributed by atoms with van der Waals surface area (Å²) in [6, 6.07) is 10.2. The van der Waals surface area contributed by atoms with E-state index in [1.165, 1.54) is 28.3 Å². The molecule has 0 N–H and O–H groups in total. The molecule has 0 atom stereocenters. The van der Waals surface area contributed by atoms with Gasteiger partial charge in [0.05, 0.1) is 10.5 Å². The molecule has 11 heteroatoms. The van der Waals surface area contributed by atoms with E-state index in [1.54, 1.807) is 29.3 Å². The second kappa shape index (κ2) is 11.8. The Bertz CT molecular complexity index is 1480. The number of aryl methyl sites for hydroxylation is 1. The van der Waals surface area contributed by atoms with E-state index in [0.29, 0.717) is 78.6 Å². The van der Waals surface area contributed by atoms with Gasteiger partial charge in [0.2, 0.25) is 0 Å². The van der Waals surface area contributed by atoms with E-state index in [0.717, 1.165) is 11.3 Å². The fourth-order valence-electron chi connectivity index (χ4n) is 4.79. The number of anilines is 2. The van der Waals surface area contributed by atoms with Crippen LogP contribution in [0.5, 0.6) is 0 Å². The number of carbonyl (C=O) groups is 1. The molecule has 0 saturated carbocycles. The summed E-state index contributed by atoms with van der Waals surface area (Å²) < 4.78 is 20.8. The average molecular weight is 568 g/mol. The first kappa shape index (κ1) is 27.3. The van der Waals surface area contributed by atoms with E-state index >= 15 is 0 Å². The van der Waals surface area contributed by atoms with Gasteiger partial charge >= 0.3 is 0 Å². The Morgan fingerprint density at radius 3 is 2.54 bits per heavy atom. The lowest BCUT2D eigenvalue weighted by molar-refractivity contribution is -0.122. The Morgan fingerprint density at radius 1 is 1.10 bits per heavy atom. The summed E-state index contributed by atoms with van der Waals surface area (Å²) in [4.78, 5) is 38.2. The number of hydrogen-bond acceptors (Lipinski definition) is 8. The molecule has 0 radical (unpaired) electrons. The number of thiocarbonyl (C=S) groups is 1. The number of halogens is 1. The number of fused-ring (bicyclic) bond motifs is 1. The normalized spacial score (nSPS) is 17.2. The number of carbonyl (C=O) groups excluding carboxylic acids is 1. The van der Waals surface area contributed by atoms with Crippen LogP contribution in [0.3, 0.4) is 0 Å². The largest absolute Gasteiger partial charge is 0.382 e. The van der Waals surface area contributed by atoms with Crippen molar-refractivity contribution < 1.29 is 13.9 Å². The van der Waals surface area contributed by atoms with Gasteiger partial charge in [-0.15, -0.1) is 0 Å². The molecule has 0 unspecified atom stereocenters. The zero-order valence-electron chi connectivity index (χ0n) is 21.9. The van der Waals surface area contributed by atoms with Crippen molar-refractivity contribution in [1.82, 2.24) is 14.3 Å². The smallest absolute Gasteiger partial charge is 0.267 e. The SMILES string of the molecule is CCOCCCN1C(=O)/C(=C/c2c(N3CCN(c4ccc(F)cc4)CC3)nc3c(C)cccn3c2=O)SC1=S. The number of piperazine rings is 1. The Hall–Kier alpha value is -3.28. The zero-order valence-corrected chi connectivity index (χ0v) is 23.6. The number of ether oxygens (including phenoxy) is 1. The van der Waals surface area contributed by atoms with Crippen LogP contribution < -0.4 is 15.4 Å². The molecule has 0 aliphatic carbocycles. The molecule has 8 nitrogen and oxygen atoms in total. The summed E-state index contributed by atoms with van der Waals surface area (Å²) in [5.74, 6) is 0.0786. The van der Waals surface area contributed by atoms with Crippen LogP contribution in [0.15, 0.2) is 52.3 Å². The Labute approximate surface area is 236 Å².